The summed E-state index contributed by atoms with van der Waals surface area (Å²) in [5.74, 6) is 0.477. The van der Waals surface area contributed by atoms with Crippen LogP contribution in [0.4, 0.5) is 21.5 Å². The molecule has 15 nitrogen and oxygen atoms in total. The maximum absolute atomic E-state index is 9.90. The first kappa shape index (κ1) is 27.8. The van der Waals surface area contributed by atoms with Crippen LogP contribution in [-0.2, 0) is 14.2 Å². The lowest BCUT2D eigenvalue weighted by atomic mass is 10.7. The minimum Gasteiger partial charge on any atom is -0.465 e. The topological polar surface area (TPSA) is 224 Å². The Morgan fingerprint density at radius 1 is 0.742 bits per heavy atom. The Morgan fingerprint density at radius 2 is 1.10 bits per heavy atom. The maximum atomic E-state index is 9.90. The molecule has 31 heavy (non-hydrogen) atoms. The molecule has 0 unspecified atom stereocenters. The highest BCUT2D eigenvalue weighted by molar-refractivity contribution is 5.80. The summed E-state index contributed by atoms with van der Waals surface area (Å²) < 4.78 is 15.0. The SMILES string of the molecule is O=C(O)Nc1ncc[nH]1.O=C(O)Nc1ncc[nH]1.OCCOCCOCCOCCO. The molecule has 2 rings (SSSR count). The maximum Gasteiger partial charge on any atom is 0.411 e. The molecule has 2 amide bonds. The van der Waals surface area contributed by atoms with Gasteiger partial charge >= 0.3 is 12.2 Å². The number of hydrogen-bond donors (Lipinski definition) is 8. The zero-order valence-electron chi connectivity index (χ0n) is 16.7. The van der Waals surface area contributed by atoms with Gasteiger partial charge in [0, 0.05) is 24.8 Å². The van der Waals surface area contributed by atoms with Gasteiger partial charge in [-0.25, -0.2) is 19.6 Å². The first-order chi connectivity index (χ1) is 15.0. The Morgan fingerprint density at radius 3 is 1.35 bits per heavy atom. The summed E-state index contributed by atoms with van der Waals surface area (Å²) in [6.45, 7) is 2.76. The normalized spacial score (nSPS) is 9.61. The van der Waals surface area contributed by atoms with Crippen molar-refractivity contribution < 1.29 is 44.2 Å². The number of H-pyrrole nitrogens is 2. The summed E-state index contributed by atoms with van der Waals surface area (Å²) in [7, 11) is 0. The van der Waals surface area contributed by atoms with E-state index >= 15 is 0 Å². The molecule has 0 atom stereocenters. The van der Waals surface area contributed by atoms with Gasteiger partial charge in [-0.2, -0.15) is 0 Å². The molecule has 2 heterocycles. The first-order valence-electron chi connectivity index (χ1n) is 8.93. The van der Waals surface area contributed by atoms with Gasteiger partial charge in [0.05, 0.1) is 52.9 Å². The molecule has 0 aliphatic heterocycles. The van der Waals surface area contributed by atoms with E-state index < -0.39 is 12.2 Å². The van der Waals surface area contributed by atoms with Crippen molar-refractivity contribution in [3.63, 3.8) is 0 Å². The lowest BCUT2D eigenvalue weighted by molar-refractivity contribution is 0.00230. The van der Waals surface area contributed by atoms with Crippen LogP contribution in [-0.4, -0.2) is 105 Å². The molecule has 0 fully saturated rings. The molecular formula is C16H28N6O9. The van der Waals surface area contributed by atoms with Crippen LogP contribution in [0.3, 0.4) is 0 Å². The molecule has 0 spiro atoms. The number of ether oxygens (including phenoxy) is 3. The highest BCUT2D eigenvalue weighted by Crippen LogP contribution is 1.93. The van der Waals surface area contributed by atoms with Gasteiger partial charge in [0.2, 0.25) is 11.9 Å². The van der Waals surface area contributed by atoms with Gasteiger partial charge in [0.25, 0.3) is 0 Å². The standard InChI is InChI=1S/C8H18O5.2C4H5N3O2/c9-1-3-11-5-7-13-8-6-12-4-2-10;2*8-4(9)7-3-5-1-2-6-3/h9-10H,1-8H2;2*1-2H,(H,8,9)(H2,5,6,7). The average Bonchev–Trinajstić information content (AvgIpc) is 3.41. The first-order valence-corrected chi connectivity index (χ1v) is 8.93. The molecule has 2 aromatic rings. The Kier molecular flexibility index (Phi) is 18.0. The molecule has 0 aliphatic rings. The number of amides is 2. The number of aliphatic hydroxyl groups excluding tert-OH is 2. The number of aromatic amines is 2. The monoisotopic (exact) mass is 448 g/mol. The minimum absolute atomic E-state index is 0.0413. The second kappa shape index (κ2) is 20.0. The van der Waals surface area contributed by atoms with Crippen LogP contribution < -0.4 is 10.6 Å². The van der Waals surface area contributed by atoms with Gasteiger partial charge in [-0.3, -0.25) is 10.6 Å². The minimum atomic E-state index is -1.12. The largest absolute Gasteiger partial charge is 0.465 e. The predicted molar refractivity (Wildman–Crippen MR) is 107 cm³/mol. The number of hydrogen-bond acceptors (Lipinski definition) is 9. The molecule has 8 N–H and O–H groups in total. The number of imidazole rings is 2. The molecule has 2 aromatic heterocycles. The Labute approximate surface area is 177 Å². The fourth-order valence-electron chi connectivity index (χ4n) is 1.54. The van der Waals surface area contributed by atoms with E-state index in [9.17, 15) is 9.59 Å². The van der Waals surface area contributed by atoms with Gasteiger partial charge in [0.15, 0.2) is 0 Å². The number of aromatic nitrogens is 4. The van der Waals surface area contributed by atoms with Crippen molar-refractivity contribution >= 4 is 24.1 Å². The summed E-state index contributed by atoms with van der Waals surface area (Å²) in [5.41, 5.74) is 0. The van der Waals surface area contributed by atoms with Crippen molar-refractivity contribution in [3.05, 3.63) is 24.8 Å². The third-order valence-electron chi connectivity index (χ3n) is 2.66. The Hall–Kier alpha value is -3.24. The van der Waals surface area contributed by atoms with Crippen molar-refractivity contribution in [3.8, 4) is 0 Å². The van der Waals surface area contributed by atoms with Gasteiger partial charge in [0.1, 0.15) is 0 Å². The number of carboxylic acid groups (broad SMARTS) is 2. The van der Waals surface area contributed by atoms with Crippen molar-refractivity contribution in [1.29, 1.82) is 0 Å². The van der Waals surface area contributed by atoms with Crippen LogP contribution in [0.1, 0.15) is 0 Å². The number of rotatable bonds is 12. The summed E-state index contributed by atoms with van der Waals surface area (Å²) in [4.78, 5) is 32.1. The molecule has 0 aromatic carbocycles. The highest BCUT2D eigenvalue weighted by atomic mass is 16.5. The molecule has 0 radical (unpaired) electrons. The zero-order valence-corrected chi connectivity index (χ0v) is 16.7. The lowest BCUT2D eigenvalue weighted by Gasteiger charge is -2.04. The van der Waals surface area contributed by atoms with Crippen molar-refractivity contribution in [2.24, 2.45) is 0 Å². The fraction of sp³-hybridized carbons (Fsp3) is 0.500. The smallest absolute Gasteiger partial charge is 0.411 e. The zero-order chi connectivity index (χ0) is 23.2. The van der Waals surface area contributed by atoms with E-state index in [0.29, 0.717) is 39.6 Å². The molecule has 0 aliphatic carbocycles. The van der Waals surface area contributed by atoms with Gasteiger partial charge in [-0.15, -0.1) is 0 Å². The third-order valence-corrected chi connectivity index (χ3v) is 2.66. The predicted octanol–water partition coefficient (Wildman–Crippen LogP) is 0.0200. The van der Waals surface area contributed by atoms with E-state index in [-0.39, 0.29) is 25.1 Å². The van der Waals surface area contributed by atoms with Crippen LogP contribution in [0.25, 0.3) is 0 Å². The van der Waals surface area contributed by atoms with E-state index in [4.69, 9.17) is 34.6 Å². The van der Waals surface area contributed by atoms with Crippen molar-refractivity contribution in [2.45, 2.75) is 0 Å². The molecule has 0 saturated carbocycles. The van der Waals surface area contributed by atoms with E-state index in [1.807, 2.05) is 10.6 Å². The van der Waals surface area contributed by atoms with E-state index in [1.165, 1.54) is 24.8 Å². The van der Waals surface area contributed by atoms with E-state index in [2.05, 4.69) is 19.9 Å². The number of nitrogens with zero attached hydrogens (tertiary/aromatic N) is 2. The Balaban J connectivity index is 0.000000445. The van der Waals surface area contributed by atoms with Gasteiger partial charge in [-0.1, -0.05) is 0 Å². The second-order valence-corrected chi connectivity index (χ2v) is 5.02. The second-order valence-electron chi connectivity index (χ2n) is 5.02. The van der Waals surface area contributed by atoms with Crippen molar-refractivity contribution in [2.75, 3.05) is 63.5 Å². The van der Waals surface area contributed by atoms with Crippen LogP contribution in [0.5, 0.6) is 0 Å². The summed E-state index contributed by atoms with van der Waals surface area (Å²) in [6, 6.07) is 0. The third kappa shape index (κ3) is 19.8. The summed E-state index contributed by atoms with van der Waals surface area (Å²) >= 11 is 0. The van der Waals surface area contributed by atoms with E-state index in [1.54, 1.807) is 0 Å². The van der Waals surface area contributed by atoms with Crippen LogP contribution in [0.15, 0.2) is 24.8 Å². The molecule has 0 saturated heterocycles. The molecule has 15 heteroatoms. The lowest BCUT2D eigenvalue weighted by Crippen LogP contribution is -2.11. The van der Waals surface area contributed by atoms with Crippen LogP contribution in [0, 0.1) is 0 Å². The van der Waals surface area contributed by atoms with Crippen LogP contribution in [0.2, 0.25) is 0 Å². The summed E-state index contributed by atoms with van der Waals surface area (Å²) in [6.07, 6.45) is 3.75. The molecule has 0 bridgehead atoms. The van der Waals surface area contributed by atoms with Gasteiger partial charge in [-0.05, 0) is 0 Å². The number of nitrogens with one attached hydrogen (secondary N) is 4. The quantitative estimate of drug-likeness (QED) is 0.202. The highest BCUT2D eigenvalue weighted by Gasteiger charge is 1.96. The average molecular weight is 448 g/mol. The number of carbonyl (C=O) groups is 2. The van der Waals surface area contributed by atoms with Crippen LogP contribution >= 0.6 is 0 Å². The fourth-order valence-corrected chi connectivity index (χ4v) is 1.54. The Bertz CT molecular complexity index is 598. The summed E-state index contributed by atoms with van der Waals surface area (Å²) in [5, 5.41) is 37.0. The van der Waals surface area contributed by atoms with E-state index in [0.717, 1.165) is 0 Å². The molecular weight excluding hydrogens is 420 g/mol. The van der Waals surface area contributed by atoms with Gasteiger partial charge < -0.3 is 44.6 Å². The number of aliphatic hydroxyl groups is 2. The molecule has 176 valence electrons. The van der Waals surface area contributed by atoms with Crippen molar-refractivity contribution in [1.82, 2.24) is 19.9 Å². The number of anilines is 2.